The van der Waals surface area contributed by atoms with Gasteiger partial charge in [0.05, 0.1) is 0 Å². The topological polar surface area (TPSA) is 76.3 Å². The fraction of sp³-hybridized carbons (Fsp3) is 0.565. The molecule has 6 nitrogen and oxygen atoms in total. The van der Waals surface area contributed by atoms with Crippen LogP contribution in [0.25, 0.3) is 0 Å². The summed E-state index contributed by atoms with van der Waals surface area (Å²) >= 11 is 0. The maximum absolute atomic E-state index is 6.26. The first-order chi connectivity index (χ1) is 14.2. The fourth-order valence-electron chi connectivity index (χ4n) is 3.74. The molecule has 0 radical (unpaired) electrons. The predicted molar refractivity (Wildman–Crippen MR) is 120 cm³/mol. The van der Waals surface area contributed by atoms with Crippen molar-refractivity contribution in [3.8, 4) is 5.75 Å². The molecule has 158 valence electrons. The van der Waals surface area contributed by atoms with Gasteiger partial charge in [-0.15, -0.1) is 0 Å². The van der Waals surface area contributed by atoms with E-state index in [0.717, 1.165) is 48.7 Å². The van der Waals surface area contributed by atoms with Gasteiger partial charge in [-0.25, -0.2) is 4.98 Å². The number of nitrogens with zero attached hydrogens (tertiary/aromatic N) is 3. The maximum atomic E-state index is 6.26. The molecule has 1 fully saturated rings. The minimum atomic E-state index is 0.552. The van der Waals surface area contributed by atoms with Crippen molar-refractivity contribution < 1.29 is 4.74 Å². The largest absolute Gasteiger partial charge is 0.492 e. The fourth-order valence-corrected chi connectivity index (χ4v) is 3.74. The van der Waals surface area contributed by atoms with Crippen molar-refractivity contribution >= 4 is 11.8 Å². The number of unbranched alkanes of at least 4 members (excludes halogenated alkanes) is 2. The number of anilines is 2. The van der Waals surface area contributed by atoms with E-state index in [4.69, 9.17) is 10.5 Å². The molecule has 0 saturated carbocycles. The maximum Gasteiger partial charge on any atom is 0.224 e. The molecule has 0 spiro atoms. The Morgan fingerprint density at radius 3 is 2.76 bits per heavy atom. The van der Waals surface area contributed by atoms with Crippen molar-refractivity contribution in [2.75, 3.05) is 43.8 Å². The van der Waals surface area contributed by atoms with Crippen LogP contribution < -0.4 is 15.8 Å². The van der Waals surface area contributed by atoms with Crippen LogP contribution >= 0.6 is 0 Å². The second-order valence-electron chi connectivity index (χ2n) is 7.85. The smallest absolute Gasteiger partial charge is 0.224 e. The predicted octanol–water partition coefficient (Wildman–Crippen LogP) is 4.03. The number of aryl methyl sites for hydroxylation is 1. The Hall–Kier alpha value is -2.34. The first-order valence-electron chi connectivity index (χ1n) is 11.0. The monoisotopic (exact) mass is 397 g/mol. The molecule has 6 heteroatoms. The van der Waals surface area contributed by atoms with Crippen LogP contribution in [0.1, 0.15) is 55.8 Å². The molecule has 1 aliphatic rings. The van der Waals surface area contributed by atoms with Crippen LogP contribution in [0.3, 0.4) is 0 Å². The highest BCUT2D eigenvalue weighted by Gasteiger charge is 2.12. The zero-order valence-corrected chi connectivity index (χ0v) is 17.9. The van der Waals surface area contributed by atoms with Gasteiger partial charge in [-0.2, -0.15) is 4.98 Å². The van der Waals surface area contributed by atoms with E-state index in [1.54, 1.807) is 0 Å². The molecular formula is C23H35N5O. The van der Waals surface area contributed by atoms with Gasteiger partial charge in [0.15, 0.2) is 0 Å². The molecule has 2 heterocycles. The second kappa shape index (κ2) is 11.0. The quantitative estimate of drug-likeness (QED) is 0.558. The number of nitrogen functional groups attached to an aromatic ring is 1. The highest BCUT2D eigenvalue weighted by molar-refractivity contribution is 5.49. The summed E-state index contributed by atoms with van der Waals surface area (Å²) in [5, 5.41) is 3.28. The number of hydrogen-bond donors (Lipinski definition) is 2. The minimum Gasteiger partial charge on any atom is -0.492 e. The van der Waals surface area contributed by atoms with Gasteiger partial charge in [0.1, 0.15) is 18.2 Å². The first kappa shape index (κ1) is 21.4. The molecule has 1 aromatic heterocycles. The van der Waals surface area contributed by atoms with Gasteiger partial charge in [-0.05, 0) is 57.0 Å². The van der Waals surface area contributed by atoms with Gasteiger partial charge < -0.3 is 15.8 Å². The van der Waals surface area contributed by atoms with E-state index in [1.165, 1.54) is 38.8 Å². The molecule has 1 aliphatic heterocycles. The second-order valence-corrected chi connectivity index (χ2v) is 7.85. The summed E-state index contributed by atoms with van der Waals surface area (Å²) in [5.74, 6) is 2.09. The summed E-state index contributed by atoms with van der Waals surface area (Å²) in [7, 11) is 0. The van der Waals surface area contributed by atoms with Crippen molar-refractivity contribution in [1.29, 1.82) is 0 Å². The molecule has 0 bridgehead atoms. The van der Waals surface area contributed by atoms with Gasteiger partial charge >= 0.3 is 0 Å². The Bertz CT molecular complexity index is 751. The van der Waals surface area contributed by atoms with Gasteiger partial charge in [-0.3, -0.25) is 4.90 Å². The Morgan fingerprint density at radius 2 is 2.00 bits per heavy atom. The highest BCUT2D eigenvalue weighted by atomic mass is 16.5. The number of aromatic nitrogens is 2. The number of nitrogens with one attached hydrogen (secondary N) is 1. The first-order valence-corrected chi connectivity index (χ1v) is 11.0. The lowest BCUT2D eigenvalue weighted by Crippen LogP contribution is -2.25. The van der Waals surface area contributed by atoms with Crippen LogP contribution in [0, 0.1) is 6.92 Å². The number of hydrogen-bond acceptors (Lipinski definition) is 6. The van der Waals surface area contributed by atoms with Crippen LogP contribution in [-0.2, 0) is 6.42 Å². The molecule has 3 rings (SSSR count). The Balaban J connectivity index is 1.57. The summed E-state index contributed by atoms with van der Waals surface area (Å²) in [6.07, 6.45) is 6.85. The van der Waals surface area contributed by atoms with E-state index >= 15 is 0 Å². The van der Waals surface area contributed by atoms with E-state index in [1.807, 2.05) is 19.1 Å². The third kappa shape index (κ3) is 6.60. The summed E-state index contributed by atoms with van der Waals surface area (Å²) in [4.78, 5) is 11.5. The average Bonchev–Trinajstić information content (AvgIpc) is 3.22. The van der Waals surface area contributed by atoms with Crippen molar-refractivity contribution in [2.24, 2.45) is 0 Å². The summed E-state index contributed by atoms with van der Waals surface area (Å²) in [6.45, 7) is 9.20. The normalized spacial score (nSPS) is 14.3. The van der Waals surface area contributed by atoms with Crippen molar-refractivity contribution in [3.63, 3.8) is 0 Å². The zero-order valence-electron chi connectivity index (χ0n) is 17.9. The molecule has 0 unspecified atom stereocenters. The summed E-state index contributed by atoms with van der Waals surface area (Å²) < 4.78 is 5.98. The molecule has 0 amide bonds. The SMILES string of the molecule is CCCCCNc1nc(C)c(Cc2cccc(OCCN3CCCC3)c2)c(N)n1. The van der Waals surface area contributed by atoms with Crippen LogP contribution in [0.5, 0.6) is 5.75 Å². The van der Waals surface area contributed by atoms with Crippen LogP contribution in [-0.4, -0.2) is 47.7 Å². The van der Waals surface area contributed by atoms with Crippen LogP contribution in [0.4, 0.5) is 11.8 Å². The van der Waals surface area contributed by atoms with Crippen molar-refractivity contribution in [3.05, 3.63) is 41.1 Å². The summed E-state index contributed by atoms with van der Waals surface area (Å²) in [5.41, 5.74) is 9.33. The van der Waals surface area contributed by atoms with Gasteiger partial charge in [-0.1, -0.05) is 31.9 Å². The lowest BCUT2D eigenvalue weighted by Gasteiger charge is -2.15. The zero-order chi connectivity index (χ0) is 20.5. The van der Waals surface area contributed by atoms with Crippen LogP contribution in [0.15, 0.2) is 24.3 Å². The minimum absolute atomic E-state index is 0.552. The molecule has 0 atom stereocenters. The van der Waals surface area contributed by atoms with Crippen LogP contribution in [0.2, 0.25) is 0 Å². The van der Waals surface area contributed by atoms with Gasteiger partial charge in [0.25, 0.3) is 0 Å². The van der Waals surface area contributed by atoms with E-state index in [2.05, 4.69) is 39.2 Å². The summed E-state index contributed by atoms with van der Waals surface area (Å²) in [6, 6.07) is 8.25. The number of ether oxygens (including phenoxy) is 1. The molecule has 29 heavy (non-hydrogen) atoms. The van der Waals surface area contributed by atoms with E-state index in [9.17, 15) is 0 Å². The molecule has 0 aliphatic carbocycles. The lowest BCUT2D eigenvalue weighted by atomic mass is 10.0. The van der Waals surface area contributed by atoms with E-state index in [-0.39, 0.29) is 0 Å². The van der Waals surface area contributed by atoms with Crippen molar-refractivity contribution in [2.45, 2.75) is 52.4 Å². The standard InChI is InChI=1S/C23H35N5O/c1-3-4-5-11-25-23-26-18(2)21(22(24)27-23)17-19-9-8-10-20(16-19)29-15-14-28-12-6-7-13-28/h8-10,16H,3-7,11-15,17H2,1-2H3,(H3,24,25,26,27). The van der Waals surface area contributed by atoms with Gasteiger partial charge in [0, 0.05) is 30.8 Å². The van der Waals surface area contributed by atoms with E-state index in [0.29, 0.717) is 18.2 Å². The Labute approximate surface area is 174 Å². The molecular weight excluding hydrogens is 362 g/mol. The number of likely N-dealkylation sites (tertiary alicyclic amines) is 1. The highest BCUT2D eigenvalue weighted by Crippen LogP contribution is 2.22. The van der Waals surface area contributed by atoms with E-state index < -0.39 is 0 Å². The number of nitrogens with two attached hydrogens (primary N) is 1. The number of rotatable bonds is 11. The molecule has 1 aromatic carbocycles. The Morgan fingerprint density at radius 1 is 1.17 bits per heavy atom. The third-order valence-electron chi connectivity index (χ3n) is 5.46. The lowest BCUT2D eigenvalue weighted by molar-refractivity contribution is 0.237. The molecule has 3 N–H and O–H groups in total. The third-order valence-corrected chi connectivity index (χ3v) is 5.46. The van der Waals surface area contributed by atoms with Crippen molar-refractivity contribution in [1.82, 2.24) is 14.9 Å². The number of benzene rings is 1. The Kier molecular flexibility index (Phi) is 8.11. The average molecular weight is 398 g/mol. The molecule has 1 saturated heterocycles. The molecule has 2 aromatic rings. The van der Waals surface area contributed by atoms with Gasteiger partial charge in [0.2, 0.25) is 5.95 Å².